The lowest BCUT2D eigenvalue weighted by atomic mass is 10.2. The summed E-state index contributed by atoms with van der Waals surface area (Å²) in [6.45, 7) is 0.662. The number of urea groups is 1. The first-order chi connectivity index (χ1) is 9.15. The second-order valence-corrected chi connectivity index (χ2v) is 3.78. The van der Waals surface area contributed by atoms with Gasteiger partial charge in [0.15, 0.2) is 0 Å². The summed E-state index contributed by atoms with van der Waals surface area (Å²) in [7, 11) is 2.91. The van der Waals surface area contributed by atoms with Gasteiger partial charge in [-0.1, -0.05) is 12.1 Å². The van der Waals surface area contributed by atoms with Gasteiger partial charge >= 0.3 is 12.0 Å². The molecule has 1 aromatic rings. The molecule has 1 rings (SSSR count). The molecule has 0 aliphatic rings. The van der Waals surface area contributed by atoms with Crippen molar-refractivity contribution in [3.05, 3.63) is 29.8 Å². The number of benzene rings is 1. The maximum Gasteiger partial charge on any atom is 0.315 e. The Balaban J connectivity index is 2.23. The van der Waals surface area contributed by atoms with Crippen LogP contribution in [0.3, 0.4) is 0 Å². The summed E-state index contributed by atoms with van der Waals surface area (Å²) in [6.07, 6.45) is 0.159. The predicted molar refractivity (Wildman–Crippen MR) is 69.9 cm³/mol. The summed E-state index contributed by atoms with van der Waals surface area (Å²) in [6, 6.07) is 7.07. The van der Waals surface area contributed by atoms with E-state index in [4.69, 9.17) is 4.74 Å². The quantitative estimate of drug-likeness (QED) is 0.755. The van der Waals surface area contributed by atoms with Gasteiger partial charge in [0, 0.05) is 13.1 Å². The lowest BCUT2D eigenvalue weighted by Gasteiger charge is -2.07. The van der Waals surface area contributed by atoms with Crippen LogP contribution in [-0.4, -0.2) is 32.8 Å². The molecule has 19 heavy (non-hydrogen) atoms. The Morgan fingerprint density at radius 3 is 2.37 bits per heavy atom. The fraction of sp³-hybridized carbons (Fsp3) is 0.385. The average molecular weight is 266 g/mol. The van der Waals surface area contributed by atoms with E-state index in [9.17, 15) is 9.59 Å². The highest BCUT2D eigenvalue weighted by atomic mass is 16.5. The van der Waals surface area contributed by atoms with Crippen LogP contribution in [0, 0.1) is 0 Å². The number of hydrogen-bond donors (Lipinski definition) is 2. The first-order valence-electron chi connectivity index (χ1n) is 5.87. The molecule has 6 heteroatoms. The Bertz CT molecular complexity index is 417. The van der Waals surface area contributed by atoms with E-state index < -0.39 is 0 Å². The van der Waals surface area contributed by atoms with Gasteiger partial charge in [0.25, 0.3) is 0 Å². The second kappa shape index (κ2) is 7.97. The standard InChI is InChI=1S/C13H18N2O4/c1-18-11-5-3-10(4-6-11)9-15-13(17)14-8-7-12(16)19-2/h3-6H,7-9H2,1-2H3,(H2,14,15,17). The minimum atomic E-state index is -0.351. The zero-order valence-corrected chi connectivity index (χ0v) is 11.1. The van der Waals surface area contributed by atoms with E-state index in [1.54, 1.807) is 7.11 Å². The zero-order chi connectivity index (χ0) is 14.1. The Morgan fingerprint density at radius 1 is 1.11 bits per heavy atom. The Morgan fingerprint density at radius 2 is 1.79 bits per heavy atom. The third kappa shape index (κ3) is 5.76. The molecule has 0 radical (unpaired) electrons. The summed E-state index contributed by atoms with van der Waals surface area (Å²) >= 11 is 0. The monoisotopic (exact) mass is 266 g/mol. The van der Waals surface area contributed by atoms with E-state index in [-0.39, 0.29) is 25.0 Å². The zero-order valence-electron chi connectivity index (χ0n) is 11.1. The molecule has 0 aromatic heterocycles. The van der Waals surface area contributed by atoms with E-state index in [0.29, 0.717) is 6.54 Å². The Labute approximate surface area is 112 Å². The Kier molecular flexibility index (Phi) is 6.21. The molecular weight excluding hydrogens is 248 g/mol. The summed E-state index contributed by atoms with van der Waals surface area (Å²) in [4.78, 5) is 22.2. The van der Waals surface area contributed by atoms with Crippen molar-refractivity contribution in [2.75, 3.05) is 20.8 Å². The molecular formula is C13H18N2O4. The number of esters is 1. The second-order valence-electron chi connectivity index (χ2n) is 3.78. The van der Waals surface area contributed by atoms with Crippen molar-refractivity contribution in [3.8, 4) is 5.75 Å². The lowest BCUT2D eigenvalue weighted by molar-refractivity contribution is -0.140. The third-order valence-corrected chi connectivity index (χ3v) is 2.45. The average Bonchev–Trinajstić information content (AvgIpc) is 2.45. The minimum absolute atomic E-state index is 0.159. The molecule has 0 aliphatic heterocycles. The third-order valence-electron chi connectivity index (χ3n) is 2.45. The van der Waals surface area contributed by atoms with Gasteiger partial charge in [-0.2, -0.15) is 0 Å². The van der Waals surface area contributed by atoms with Gasteiger partial charge in [0.2, 0.25) is 0 Å². The lowest BCUT2D eigenvalue weighted by Crippen LogP contribution is -2.36. The summed E-state index contributed by atoms with van der Waals surface area (Å²) in [5.41, 5.74) is 0.962. The molecule has 1 aromatic carbocycles. The van der Waals surface area contributed by atoms with Crippen LogP contribution in [-0.2, 0) is 16.1 Å². The Hall–Kier alpha value is -2.24. The van der Waals surface area contributed by atoms with Crippen LogP contribution >= 0.6 is 0 Å². The molecule has 2 N–H and O–H groups in total. The normalized spacial score (nSPS) is 9.58. The molecule has 0 atom stereocenters. The number of carbonyl (C=O) groups excluding carboxylic acids is 2. The van der Waals surface area contributed by atoms with Crippen LogP contribution in [0.5, 0.6) is 5.75 Å². The summed E-state index contributed by atoms with van der Waals surface area (Å²) < 4.78 is 9.50. The highest BCUT2D eigenvalue weighted by Crippen LogP contribution is 2.10. The van der Waals surface area contributed by atoms with Gasteiger partial charge in [-0.05, 0) is 17.7 Å². The number of methoxy groups -OCH3 is 2. The first-order valence-corrected chi connectivity index (χ1v) is 5.87. The molecule has 2 amide bonds. The van der Waals surface area contributed by atoms with Crippen LogP contribution in [0.25, 0.3) is 0 Å². The molecule has 104 valence electrons. The van der Waals surface area contributed by atoms with E-state index in [1.807, 2.05) is 24.3 Å². The molecule has 0 aliphatic carbocycles. The van der Waals surface area contributed by atoms with Crippen molar-refractivity contribution < 1.29 is 19.1 Å². The SMILES string of the molecule is COC(=O)CCNC(=O)NCc1ccc(OC)cc1. The molecule has 0 spiro atoms. The molecule has 0 bridgehead atoms. The highest BCUT2D eigenvalue weighted by molar-refractivity contribution is 5.75. The maximum atomic E-state index is 11.4. The van der Waals surface area contributed by atoms with Crippen molar-refractivity contribution in [1.29, 1.82) is 0 Å². The van der Waals surface area contributed by atoms with Gasteiger partial charge in [0.1, 0.15) is 5.75 Å². The fourth-order valence-electron chi connectivity index (χ4n) is 1.37. The summed E-state index contributed by atoms with van der Waals surface area (Å²) in [5.74, 6) is 0.418. The van der Waals surface area contributed by atoms with Crippen LogP contribution in [0.2, 0.25) is 0 Å². The molecule has 0 heterocycles. The number of nitrogens with one attached hydrogen (secondary N) is 2. The number of carbonyl (C=O) groups is 2. The van der Waals surface area contributed by atoms with Crippen LogP contribution in [0.1, 0.15) is 12.0 Å². The smallest absolute Gasteiger partial charge is 0.315 e. The number of amides is 2. The molecule has 6 nitrogen and oxygen atoms in total. The van der Waals surface area contributed by atoms with Crippen molar-refractivity contribution >= 4 is 12.0 Å². The largest absolute Gasteiger partial charge is 0.497 e. The fourth-order valence-corrected chi connectivity index (χ4v) is 1.37. The van der Waals surface area contributed by atoms with E-state index in [0.717, 1.165) is 11.3 Å². The minimum Gasteiger partial charge on any atom is -0.497 e. The van der Waals surface area contributed by atoms with Gasteiger partial charge in [-0.3, -0.25) is 4.79 Å². The molecule has 0 unspecified atom stereocenters. The van der Waals surface area contributed by atoms with Crippen molar-refractivity contribution in [2.24, 2.45) is 0 Å². The molecule has 0 fully saturated rings. The van der Waals surface area contributed by atoms with E-state index in [1.165, 1.54) is 7.11 Å². The predicted octanol–water partition coefficient (Wildman–Crippen LogP) is 1.06. The van der Waals surface area contributed by atoms with Gasteiger partial charge in [-0.25, -0.2) is 4.79 Å². The van der Waals surface area contributed by atoms with Crippen LogP contribution in [0.4, 0.5) is 4.79 Å². The van der Waals surface area contributed by atoms with Crippen LogP contribution < -0.4 is 15.4 Å². The van der Waals surface area contributed by atoms with Gasteiger partial charge in [-0.15, -0.1) is 0 Å². The van der Waals surface area contributed by atoms with Crippen LogP contribution in [0.15, 0.2) is 24.3 Å². The maximum absolute atomic E-state index is 11.4. The molecule has 0 saturated heterocycles. The van der Waals surface area contributed by atoms with Crippen molar-refractivity contribution in [1.82, 2.24) is 10.6 Å². The summed E-state index contributed by atoms with van der Waals surface area (Å²) in [5, 5.41) is 5.25. The van der Waals surface area contributed by atoms with Crippen molar-refractivity contribution in [3.63, 3.8) is 0 Å². The topological polar surface area (TPSA) is 76.7 Å². The number of hydrogen-bond acceptors (Lipinski definition) is 4. The van der Waals surface area contributed by atoms with Gasteiger partial charge in [0.05, 0.1) is 20.6 Å². The number of ether oxygens (including phenoxy) is 2. The molecule has 0 saturated carbocycles. The van der Waals surface area contributed by atoms with Gasteiger partial charge < -0.3 is 20.1 Å². The van der Waals surface area contributed by atoms with Crippen molar-refractivity contribution in [2.45, 2.75) is 13.0 Å². The number of rotatable bonds is 6. The van der Waals surface area contributed by atoms with E-state index >= 15 is 0 Å². The highest BCUT2D eigenvalue weighted by Gasteiger charge is 2.03. The first kappa shape index (κ1) is 14.8. The van der Waals surface area contributed by atoms with E-state index in [2.05, 4.69) is 15.4 Å².